The van der Waals surface area contributed by atoms with Crippen molar-refractivity contribution in [2.45, 2.75) is 50.7 Å². The molecule has 0 aliphatic rings. The van der Waals surface area contributed by atoms with Crippen LogP contribution in [0, 0.1) is 0 Å². The fraction of sp³-hybridized carbons (Fsp3) is 0.333. The number of benzene rings is 3. The smallest absolute Gasteiger partial charge is 0.405 e. The first-order valence-electron chi connectivity index (χ1n) is 13.9. The molecule has 3 aromatic rings. The molecule has 0 aliphatic carbocycles. The summed E-state index contributed by atoms with van der Waals surface area (Å²) in [5.74, 6) is -1.08. The number of nitrogens with one attached hydrogen (secondary N) is 2. The summed E-state index contributed by atoms with van der Waals surface area (Å²) in [6, 6.07) is 21.6. The molecule has 0 saturated carbocycles. The van der Waals surface area contributed by atoms with Gasteiger partial charge in [-0.25, -0.2) is 4.79 Å². The minimum Gasteiger partial charge on any atom is -0.465 e. The second-order valence-corrected chi connectivity index (χ2v) is 11.0. The number of carbonyl (C=O) groups excluding carboxylic acids is 3. The molecule has 0 aromatic heterocycles. The van der Waals surface area contributed by atoms with Crippen molar-refractivity contribution in [2.75, 3.05) is 21.1 Å². The Hall–Kier alpha value is -4.66. The van der Waals surface area contributed by atoms with E-state index in [1.807, 2.05) is 72.8 Å². The van der Waals surface area contributed by atoms with Gasteiger partial charge in [0.15, 0.2) is 0 Å². The lowest BCUT2D eigenvalue weighted by atomic mass is 9.98. The third-order valence-corrected chi connectivity index (χ3v) is 7.31. The molecule has 9 nitrogen and oxygen atoms in total. The Balaban J connectivity index is 1.91. The van der Waals surface area contributed by atoms with Gasteiger partial charge in [-0.2, -0.15) is 0 Å². The van der Waals surface area contributed by atoms with Crippen molar-refractivity contribution in [3.8, 4) is 0 Å². The number of fused-ring (bicyclic) bond motifs is 1. The van der Waals surface area contributed by atoms with Crippen LogP contribution in [-0.4, -0.2) is 77.5 Å². The molecule has 2 atom stereocenters. The number of hydrogen-bond donors (Lipinski definition) is 3. The molecule has 0 unspecified atom stereocenters. The van der Waals surface area contributed by atoms with E-state index in [0.29, 0.717) is 6.42 Å². The topological polar surface area (TPSA) is 119 Å². The first-order valence-corrected chi connectivity index (χ1v) is 13.9. The van der Waals surface area contributed by atoms with Crippen molar-refractivity contribution in [1.82, 2.24) is 20.4 Å². The molecule has 4 amide bonds. The van der Waals surface area contributed by atoms with Crippen LogP contribution in [0.2, 0.25) is 0 Å². The number of hydrogen-bond acceptors (Lipinski definition) is 4. The molecule has 0 bridgehead atoms. The van der Waals surface area contributed by atoms with Gasteiger partial charge in [0.25, 0.3) is 0 Å². The van der Waals surface area contributed by atoms with Crippen molar-refractivity contribution in [2.24, 2.45) is 0 Å². The predicted octanol–water partition coefficient (Wildman–Crippen LogP) is 4.02. The van der Waals surface area contributed by atoms with Gasteiger partial charge in [0.05, 0.1) is 0 Å². The Morgan fingerprint density at radius 3 is 2.10 bits per heavy atom. The molecule has 0 aliphatic heterocycles. The van der Waals surface area contributed by atoms with Gasteiger partial charge in [0.1, 0.15) is 12.1 Å². The maximum absolute atomic E-state index is 14.1. The van der Waals surface area contributed by atoms with Crippen molar-refractivity contribution >= 4 is 34.6 Å². The summed E-state index contributed by atoms with van der Waals surface area (Å²) in [5.41, 5.74) is 0.997. The number of rotatable bonds is 12. The van der Waals surface area contributed by atoms with Crippen LogP contribution in [0.3, 0.4) is 0 Å². The lowest BCUT2D eigenvalue weighted by molar-refractivity contribution is -0.146. The first kappa shape index (κ1) is 31.9. The van der Waals surface area contributed by atoms with Crippen molar-refractivity contribution in [1.29, 1.82) is 0 Å². The lowest BCUT2D eigenvalue weighted by Crippen LogP contribution is -2.55. The van der Waals surface area contributed by atoms with Crippen LogP contribution in [0.15, 0.2) is 84.9 Å². The highest BCUT2D eigenvalue weighted by Crippen LogP contribution is 2.20. The molecule has 0 fully saturated rings. The molecular formula is C33H40N4O5. The molecular weight excluding hydrogens is 532 g/mol. The van der Waals surface area contributed by atoms with E-state index in [0.717, 1.165) is 21.9 Å². The molecule has 0 heterocycles. The van der Waals surface area contributed by atoms with Crippen LogP contribution >= 0.6 is 0 Å². The second-order valence-electron chi connectivity index (χ2n) is 11.0. The monoisotopic (exact) mass is 572 g/mol. The van der Waals surface area contributed by atoms with Gasteiger partial charge in [-0.15, -0.1) is 0 Å². The van der Waals surface area contributed by atoms with Gasteiger partial charge in [0.2, 0.25) is 17.7 Å². The summed E-state index contributed by atoms with van der Waals surface area (Å²) in [5, 5.41) is 16.2. The predicted molar refractivity (Wildman–Crippen MR) is 164 cm³/mol. The number of amides is 4. The van der Waals surface area contributed by atoms with E-state index in [1.165, 1.54) is 22.9 Å². The Labute approximate surface area is 247 Å². The fourth-order valence-electron chi connectivity index (χ4n) is 4.84. The van der Waals surface area contributed by atoms with Crippen molar-refractivity contribution in [3.63, 3.8) is 0 Å². The molecule has 9 heteroatoms. The molecule has 3 rings (SSSR count). The van der Waals surface area contributed by atoms with Gasteiger partial charge < -0.3 is 25.5 Å². The summed E-state index contributed by atoms with van der Waals surface area (Å²) in [6.07, 6.45) is 2.63. The molecule has 0 spiro atoms. The molecule has 42 heavy (non-hydrogen) atoms. The minimum atomic E-state index is -1.15. The highest BCUT2D eigenvalue weighted by Gasteiger charge is 2.34. The van der Waals surface area contributed by atoms with E-state index in [9.17, 15) is 19.2 Å². The van der Waals surface area contributed by atoms with E-state index in [-0.39, 0.29) is 24.7 Å². The van der Waals surface area contributed by atoms with Crippen LogP contribution < -0.4 is 10.6 Å². The van der Waals surface area contributed by atoms with Crippen LogP contribution in [0.4, 0.5) is 4.79 Å². The summed E-state index contributed by atoms with van der Waals surface area (Å²) in [4.78, 5) is 54.3. The Kier molecular flexibility index (Phi) is 10.8. The summed E-state index contributed by atoms with van der Waals surface area (Å²) in [6.45, 7) is 3.43. The van der Waals surface area contributed by atoms with Gasteiger partial charge >= 0.3 is 6.09 Å². The average molecular weight is 573 g/mol. The number of carboxylic acid groups (broad SMARTS) is 1. The van der Waals surface area contributed by atoms with Crippen LogP contribution in [0.25, 0.3) is 10.8 Å². The number of likely N-dealkylation sites (N-methyl/N-ethyl adjacent to an activating group) is 3. The summed E-state index contributed by atoms with van der Waals surface area (Å²) in [7, 11) is 4.69. The van der Waals surface area contributed by atoms with Crippen LogP contribution in [-0.2, 0) is 27.2 Å². The summed E-state index contributed by atoms with van der Waals surface area (Å²) < 4.78 is 0. The Morgan fingerprint density at radius 1 is 0.833 bits per heavy atom. The fourth-order valence-corrected chi connectivity index (χ4v) is 4.84. The third-order valence-electron chi connectivity index (χ3n) is 7.31. The number of nitrogens with zero attached hydrogens (tertiary/aromatic N) is 2. The highest BCUT2D eigenvalue weighted by molar-refractivity contribution is 5.95. The molecule has 222 valence electrons. The third kappa shape index (κ3) is 8.67. The van der Waals surface area contributed by atoms with Gasteiger partial charge in [-0.1, -0.05) is 78.9 Å². The van der Waals surface area contributed by atoms with Crippen molar-refractivity contribution in [3.05, 3.63) is 96.1 Å². The van der Waals surface area contributed by atoms with Gasteiger partial charge in [-0.3, -0.25) is 14.4 Å². The number of carbonyl (C=O) groups is 4. The quantitative estimate of drug-likeness (QED) is 0.283. The largest absolute Gasteiger partial charge is 0.465 e. The van der Waals surface area contributed by atoms with Crippen molar-refractivity contribution < 1.29 is 24.3 Å². The van der Waals surface area contributed by atoms with Gasteiger partial charge in [0, 0.05) is 39.5 Å². The zero-order valence-electron chi connectivity index (χ0n) is 24.8. The summed E-state index contributed by atoms with van der Waals surface area (Å²) >= 11 is 0. The van der Waals surface area contributed by atoms with Gasteiger partial charge in [-0.05, 0) is 48.2 Å². The maximum atomic E-state index is 14.1. The normalized spacial score (nSPS) is 12.9. The average Bonchev–Trinajstić information content (AvgIpc) is 2.96. The van der Waals surface area contributed by atoms with E-state index < -0.39 is 29.6 Å². The van der Waals surface area contributed by atoms with E-state index in [1.54, 1.807) is 34.0 Å². The standard InChI is InChI=1S/C33H40N4O5/c1-33(2,35-32(41)42)19-11-16-29(38)36(4)28(22-24-17-18-25-14-9-10-15-26(25)20-24)31(40)37(5)27(30(39)34-3)21-23-12-7-6-8-13-23/h6-18,20,27-28,35H,19,21-22H2,1-5H3,(H,34,39)(H,41,42)/b16-11+/t27-,28-/m1/s1. The van der Waals surface area contributed by atoms with E-state index in [4.69, 9.17) is 5.11 Å². The molecule has 3 aromatic carbocycles. The van der Waals surface area contributed by atoms with Crippen LogP contribution in [0.5, 0.6) is 0 Å². The lowest BCUT2D eigenvalue weighted by Gasteiger charge is -2.34. The zero-order chi connectivity index (χ0) is 30.9. The minimum absolute atomic E-state index is 0.238. The van der Waals surface area contributed by atoms with E-state index >= 15 is 0 Å². The molecule has 0 saturated heterocycles. The Morgan fingerprint density at radius 2 is 1.45 bits per heavy atom. The first-order chi connectivity index (χ1) is 19.9. The molecule has 0 radical (unpaired) electrons. The second kappa shape index (κ2) is 14.3. The van der Waals surface area contributed by atoms with Crippen LogP contribution in [0.1, 0.15) is 31.4 Å². The Bertz CT molecular complexity index is 1440. The zero-order valence-corrected chi connectivity index (χ0v) is 24.8. The highest BCUT2D eigenvalue weighted by atomic mass is 16.4. The molecule has 3 N–H and O–H groups in total. The van der Waals surface area contributed by atoms with E-state index in [2.05, 4.69) is 10.6 Å². The SMILES string of the molecule is CNC(=O)[C@@H](Cc1ccccc1)N(C)C(=O)[C@@H](Cc1ccc2ccccc2c1)N(C)C(=O)/C=C/CC(C)(C)NC(=O)O. The maximum Gasteiger partial charge on any atom is 0.405 e.